The number of benzene rings is 1. The Morgan fingerprint density at radius 1 is 1.00 bits per heavy atom. The van der Waals surface area contributed by atoms with Gasteiger partial charge >= 0.3 is 0 Å². The van der Waals surface area contributed by atoms with Gasteiger partial charge in [-0.25, -0.2) is 0 Å². The molecule has 0 bridgehead atoms. The monoisotopic (exact) mass is 283 g/mol. The molecule has 20 heavy (non-hydrogen) atoms. The van der Waals surface area contributed by atoms with Crippen molar-refractivity contribution in [2.24, 2.45) is 0 Å². The SMILES string of the molecule is Clc1ccc(C2(c3nnc4ccccn34)CCC2)cc1. The molecular weight excluding hydrogens is 270 g/mol. The minimum absolute atomic E-state index is 0.00857. The number of pyridine rings is 1. The summed E-state index contributed by atoms with van der Waals surface area (Å²) in [6.07, 6.45) is 5.50. The molecule has 1 fully saturated rings. The maximum atomic E-state index is 6.01. The summed E-state index contributed by atoms with van der Waals surface area (Å²) >= 11 is 6.01. The molecule has 100 valence electrons. The molecule has 4 heteroatoms. The molecule has 1 saturated carbocycles. The Morgan fingerprint density at radius 2 is 1.80 bits per heavy atom. The molecule has 0 atom stereocenters. The summed E-state index contributed by atoms with van der Waals surface area (Å²) in [5.41, 5.74) is 2.18. The van der Waals surface area contributed by atoms with Gasteiger partial charge in [0.25, 0.3) is 0 Å². The van der Waals surface area contributed by atoms with E-state index in [1.54, 1.807) is 0 Å². The minimum atomic E-state index is -0.00857. The maximum Gasteiger partial charge on any atom is 0.160 e. The Hall–Kier alpha value is -1.87. The van der Waals surface area contributed by atoms with Crippen LogP contribution >= 0.6 is 11.6 Å². The van der Waals surface area contributed by atoms with Gasteiger partial charge in [-0.05, 0) is 42.7 Å². The fourth-order valence-corrected chi connectivity index (χ4v) is 3.23. The predicted octanol–water partition coefficient (Wildman–Crippen LogP) is 3.85. The summed E-state index contributed by atoms with van der Waals surface area (Å²) in [6.45, 7) is 0. The van der Waals surface area contributed by atoms with Gasteiger partial charge in [0, 0.05) is 11.2 Å². The second kappa shape index (κ2) is 4.32. The average Bonchev–Trinajstić information content (AvgIpc) is 2.84. The highest BCUT2D eigenvalue weighted by Crippen LogP contribution is 2.48. The zero-order valence-electron chi connectivity index (χ0n) is 11.0. The smallest absolute Gasteiger partial charge is 0.160 e. The molecule has 0 saturated heterocycles. The van der Waals surface area contributed by atoms with Gasteiger partial charge in [-0.3, -0.25) is 4.40 Å². The molecule has 2 heterocycles. The van der Waals surface area contributed by atoms with E-state index in [4.69, 9.17) is 11.6 Å². The first kappa shape index (κ1) is 11.9. The van der Waals surface area contributed by atoms with Crippen molar-refractivity contribution >= 4 is 17.2 Å². The second-order valence-electron chi connectivity index (χ2n) is 5.39. The topological polar surface area (TPSA) is 30.2 Å². The number of halogens is 1. The molecule has 0 unspecified atom stereocenters. The van der Waals surface area contributed by atoms with Gasteiger partial charge in [-0.2, -0.15) is 0 Å². The number of hydrogen-bond donors (Lipinski definition) is 0. The highest BCUT2D eigenvalue weighted by atomic mass is 35.5. The number of rotatable bonds is 2. The molecule has 4 rings (SSSR count). The van der Waals surface area contributed by atoms with E-state index >= 15 is 0 Å². The summed E-state index contributed by atoms with van der Waals surface area (Å²) in [5.74, 6) is 1.04. The molecule has 0 spiro atoms. The first-order valence-corrected chi connectivity index (χ1v) is 7.24. The van der Waals surface area contributed by atoms with Gasteiger partial charge < -0.3 is 0 Å². The first-order valence-electron chi connectivity index (χ1n) is 6.86. The minimum Gasteiger partial charge on any atom is -0.286 e. The van der Waals surface area contributed by atoms with Gasteiger partial charge in [-0.15, -0.1) is 10.2 Å². The molecule has 0 N–H and O–H groups in total. The van der Waals surface area contributed by atoms with Gasteiger partial charge in [0.15, 0.2) is 5.65 Å². The number of nitrogens with zero attached hydrogens (tertiary/aromatic N) is 3. The van der Waals surface area contributed by atoms with Crippen LogP contribution in [0, 0.1) is 0 Å². The highest BCUT2D eigenvalue weighted by Gasteiger charge is 2.44. The van der Waals surface area contributed by atoms with Crippen molar-refractivity contribution in [3.05, 3.63) is 65.1 Å². The number of fused-ring (bicyclic) bond motifs is 1. The van der Waals surface area contributed by atoms with Gasteiger partial charge in [-0.1, -0.05) is 36.2 Å². The number of aromatic nitrogens is 3. The van der Waals surface area contributed by atoms with Crippen LogP contribution in [-0.2, 0) is 5.41 Å². The number of hydrogen-bond acceptors (Lipinski definition) is 2. The van der Waals surface area contributed by atoms with E-state index in [2.05, 4.69) is 26.7 Å². The zero-order chi connectivity index (χ0) is 13.6. The van der Waals surface area contributed by atoms with Crippen LogP contribution in [0.5, 0.6) is 0 Å². The Morgan fingerprint density at radius 3 is 2.50 bits per heavy atom. The summed E-state index contributed by atoms with van der Waals surface area (Å²) < 4.78 is 2.10. The third-order valence-corrected chi connectivity index (χ3v) is 4.60. The Balaban J connectivity index is 1.91. The van der Waals surface area contributed by atoms with Crippen molar-refractivity contribution in [3.8, 4) is 0 Å². The van der Waals surface area contributed by atoms with Crippen molar-refractivity contribution in [2.75, 3.05) is 0 Å². The molecule has 2 aromatic heterocycles. The molecule has 1 aliphatic carbocycles. The summed E-state index contributed by atoms with van der Waals surface area (Å²) in [5, 5.41) is 9.54. The highest BCUT2D eigenvalue weighted by molar-refractivity contribution is 6.30. The molecule has 3 aromatic rings. The largest absolute Gasteiger partial charge is 0.286 e. The van der Waals surface area contributed by atoms with E-state index in [-0.39, 0.29) is 5.41 Å². The van der Waals surface area contributed by atoms with Gasteiger partial charge in [0.1, 0.15) is 5.82 Å². The first-order chi connectivity index (χ1) is 9.79. The summed E-state index contributed by atoms with van der Waals surface area (Å²) in [6, 6.07) is 14.2. The summed E-state index contributed by atoms with van der Waals surface area (Å²) in [4.78, 5) is 0. The van der Waals surface area contributed by atoms with E-state index in [0.29, 0.717) is 0 Å². The summed E-state index contributed by atoms with van der Waals surface area (Å²) in [7, 11) is 0. The van der Waals surface area contributed by atoms with Crippen molar-refractivity contribution in [1.82, 2.24) is 14.6 Å². The van der Waals surface area contributed by atoms with Crippen molar-refractivity contribution < 1.29 is 0 Å². The van der Waals surface area contributed by atoms with Gasteiger partial charge in [0.05, 0.1) is 5.41 Å². The van der Waals surface area contributed by atoms with Crippen LogP contribution in [0.25, 0.3) is 5.65 Å². The zero-order valence-corrected chi connectivity index (χ0v) is 11.7. The molecule has 0 aliphatic heterocycles. The molecule has 1 aromatic carbocycles. The average molecular weight is 284 g/mol. The van der Waals surface area contributed by atoms with Crippen LogP contribution in [0.15, 0.2) is 48.7 Å². The van der Waals surface area contributed by atoms with E-state index in [1.165, 1.54) is 12.0 Å². The lowest BCUT2D eigenvalue weighted by molar-refractivity contribution is 0.283. The fraction of sp³-hybridized carbons (Fsp3) is 0.250. The van der Waals surface area contributed by atoms with Crippen LogP contribution in [0.3, 0.4) is 0 Å². The molecule has 0 radical (unpaired) electrons. The van der Waals surface area contributed by atoms with Crippen LogP contribution in [0.1, 0.15) is 30.7 Å². The third-order valence-electron chi connectivity index (χ3n) is 4.35. The van der Waals surface area contributed by atoms with E-state index in [0.717, 1.165) is 29.3 Å². The van der Waals surface area contributed by atoms with Crippen LogP contribution in [0.2, 0.25) is 5.02 Å². The Bertz CT molecular complexity index is 757. The fourth-order valence-electron chi connectivity index (χ4n) is 3.11. The lowest BCUT2D eigenvalue weighted by Gasteiger charge is -2.40. The normalized spacial score (nSPS) is 17.1. The van der Waals surface area contributed by atoms with Crippen LogP contribution < -0.4 is 0 Å². The standard InChI is InChI=1S/C16H14ClN3/c17-13-7-5-12(6-8-13)16(9-3-10-16)15-19-18-14-4-1-2-11-20(14)15/h1-2,4-8,11H,3,9-10H2. The Labute approximate surface area is 122 Å². The van der Waals surface area contributed by atoms with Crippen molar-refractivity contribution in [2.45, 2.75) is 24.7 Å². The second-order valence-corrected chi connectivity index (χ2v) is 5.83. The van der Waals surface area contributed by atoms with Crippen molar-refractivity contribution in [3.63, 3.8) is 0 Å². The predicted molar refractivity (Wildman–Crippen MR) is 79.1 cm³/mol. The Kier molecular flexibility index (Phi) is 2.57. The van der Waals surface area contributed by atoms with Crippen molar-refractivity contribution in [1.29, 1.82) is 0 Å². The molecule has 1 aliphatic rings. The maximum absolute atomic E-state index is 6.01. The lowest BCUT2D eigenvalue weighted by Crippen LogP contribution is -2.37. The molecular formula is C16H14ClN3. The quantitative estimate of drug-likeness (QED) is 0.715. The molecule has 3 nitrogen and oxygen atoms in total. The molecule has 0 amide bonds. The van der Waals surface area contributed by atoms with E-state index in [1.807, 2.05) is 36.5 Å². The van der Waals surface area contributed by atoms with Crippen LogP contribution in [0.4, 0.5) is 0 Å². The third kappa shape index (κ3) is 1.59. The van der Waals surface area contributed by atoms with Gasteiger partial charge in [0.2, 0.25) is 0 Å². The van der Waals surface area contributed by atoms with E-state index in [9.17, 15) is 0 Å². The lowest BCUT2D eigenvalue weighted by atomic mass is 9.64. The van der Waals surface area contributed by atoms with Crippen LogP contribution in [-0.4, -0.2) is 14.6 Å². The van der Waals surface area contributed by atoms with E-state index < -0.39 is 0 Å².